The maximum atomic E-state index is 4.54. The van der Waals surface area contributed by atoms with Crippen LogP contribution in [0.5, 0.6) is 0 Å². The van der Waals surface area contributed by atoms with Gasteiger partial charge in [0.15, 0.2) is 5.82 Å². The first kappa shape index (κ1) is 14.0. The summed E-state index contributed by atoms with van der Waals surface area (Å²) in [6.07, 6.45) is 1.08. The lowest BCUT2D eigenvalue weighted by Gasteiger charge is -2.06. The van der Waals surface area contributed by atoms with Crippen molar-refractivity contribution in [3.05, 3.63) is 26.1 Å². The first-order valence-corrected chi connectivity index (χ1v) is 8.05. The molecular formula is C12H13Br2N3S. The van der Waals surface area contributed by atoms with E-state index >= 15 is 0 Å². The number of nitrogens with zero attached hydrogens (tertiary/aromatic N) is 2. The zero-order valence-electron chi connectivity index (χ0n) is 10.1. The number of hydrogen-bond acceptors (Lipinski definition) is 4. The lowest BCUT2D eigenvalue weighted by atomic mass is 10.3. The van der Waals surface area contributed by atoms with Crippen LogP contribution in [0.25, 0.3) is 10.7 Å². The van der Waals surface area contributed by atoms with Crippen molar-refractivity contribution in [2.24, 2.45) is 0 Å². The summed E-state index contributed by atoms with van der Waals surface area (Å²) in [5.41, 5.74) is 0.972. The van der Waals surface area contributed by atoms with Gasteiger partial charge in [-0.05, 0) is 51.3 Å². The highest BCUT2D eigenvalue weighted by molar-refractivity contribution is 9.13. The van der Waals surface area contributed by atoms with Crippen LogP contribution in [0.4, 0.5) is 5.82 Å². The van der Waals surface area contributed by atoms with Gasteiger partial charge in [0, 0.05) is 22.8 Å². The molecule has 2 heterocycles. The SMILES string of the molecule is CCCNc1cc(C)nc(-c2cc(Br)c(Br)s2)n1. The van der Waals surface area contributed by atoms with Crippen LogP contribution < -0.4 is 5.32 Å². The molecular weight excluding hydrogens is 378 g/mol. The zero-order valence-corrected chi connectivity index (χ0v) is 14.1. The molecule has 0 aliphatic heterocycles. The van der Waals surface area contributed by atoms with Gasteiger partial charge in [-0.1, -0.05) is 6.92 Å². The third-order valence-corrected chi connectivity index (χ3v) is 5.53. The van der Waals surface area contributed by atoms with Gasteiger partial charge in [-0.3, -0.25) is 0 Å². The summed E-state index contributed by atoms with van der Waals surface area (Å²) in [6.45, 7) is 5.04. The molecule has 1 N–H and O–H groups in total. The van der Waals surface area contributed by atoms with Crippen LogP contribution in [0.15, 0.2) is 20.4 Å². The van der Waals surface area contributed by atoms with Crippen LogP contribution >= 0.6 is 43.2 Å². The standard InChI is InChI=1S/C12H13Br2N3S/c1-3-4-15-10-5-7(2)16-12(17-10)9-6-8(13)11(14)18-9/h5-6H,3-4H2,1-2H3,(H,15,16,17). The molecule has 0 fully saturated rings. The van der Waals surface area contributed by atoms with Gasteiger partial charge in [-0.15, -0.1) is 11.3 Å². The van der Waals surface area contributed by atoms with Crippen molar-refractivity contribution >= 4 is 49.0 Å². The van der Waals surface area contributed by atoms with Gasteiger partial charge in [0.1, 0.15) is 5.82 Å². The van der Waals surface area contributed by atoms with E-state index in [9.17, 15) is 0 Å². The van der Waals surface area contributed by atoms with Crippen LogP contribution in [0, 0.1) is 6.92 Å². The molecule has 2 aromatic rings. The Labute approximate surface area is 127 Å². The van der Waals surface area contributed by atoms with Gasteiger partial charge in [0.05, 0.1) is 8.66 Å². The fraction of sp³-hybridized carbons (Fsp3) is 0.333. The lowest BCUT2D eigenvalue weighted by molar-refractivity contribution is 0.963. The Kier molecular flexibility index (Phi) is 4.75. The molecule has 0 atom stereocenters. The molecule has 0 aliphatic carbocycles. The first-order chi connectivity index (χ1) is 8.60. The highest BCUT2D eigenvalue weighted by Gasteiger charge is 2.10. The number of hydrogen-bond donors (Lipinski definition) is 1. The van der Waals surface area contributed by atoms with Crippen molar-refractivity contribution in [1.82, 2.24) is 9.97 Å². The molecule has 0 radical (unpaired) electrons. The molecule has 0 spiro atoms. The van der Waals surface area contributed by atoms with E-state index in [-0.39, 0.29) is 0 Å². The van der Waals surface area contributed by atoms with E-state index in [1.165, 1.54) is 0 Å². The van der Waals surface area contributed by atoms with Gasteiger partial charge in [0.2, 0.25) is 0 Å². The van der Waals surface area contributed by atoms with Crippen molar-refractivity contribution in [2.75, 3.05) is 11.9 Å². The molecule has 2 aromatic heterocycles. The number of nitrogens with one attached hydrogen (secondary N) is 1. The topological polar surface area (TPSA) is 37.8 Å². The highest BCUT2D eigenvalue weighted by atomic mass is 79.9. The van der Waals surface area contributed by atoms with E-state index in [1.54, 1.807) is 11.3 Å². The van der Waals surface area contributed by atoms with E-state index in [4.69, 9.17) is 0 Å². The second-order valence-corrected chi connectivity index (χ2v) is 7.10. The summed E-state index contributed by atoms with van der Waals surface area (Å²) < 4.78 is 2.10. The minimum absolute atomic E-state index is 0.769. The number of aromatic nitrogens is 2. The minimum Gasteiger partial charge on any atom is -0.370 e. The second kappa shape index (κ2) is 6.12. The molecule has 0 bridgehead atoms. The largest absolute Gasteiger partial charge is 0.370 e. The third-order valence-electron chi connectivity index (χ3n) is 2.28. The van der Waals surface area contributed by atoms with Crippen LogP contribution in [0.2, 0.25) is 0 Å². The maximum absolute atomic E-state index is 4.54. The molecule has 3 nitrogen and oxygen atoms in total. The van der Waals surface area contributed by atoms with Crippen molar-refractivity contribution in [3.63, 3.8) is 0 Å². The quantitative estimate of drug-likeness (QED) is 0.809. The normalized spacial score (nSPS) is 10.7. The first-order valence-electron chi connectivity index (χ1n) is 5.65. The van der Waals surface area contributed by atoms with Crippen LogP contribution in [0.3, 0.4) is 0 Å². The summed E-state index contributed by atoms with van der Waals surface area (Å²) >= 11 is 8.60. The van der Waals surface area contributed by atoms with Gasteiger partial charge < -0.3 is 5.32 Å². The number of aryl methyl sites for hydroxylation is 1. The summed E-state index contributed by atoms with van der Waals surface area (Å²) in [6, 6.07) is 4.00. The van der Waals surface area contributed by atoms with Crippen molar-refractivity contribution in [3.8, 4) is 10.7 Å². The Morgan fingerprint density at radius 3 is 2.67 bits per heavy atom. The Bertz CT molecular complexity index is 535. The van der Waals surface area contributed by atoms with E-state index in [1.807, 2.05) is 19.1 Å². The number of halogens is 2. The average molecular weight is 391 g/mol. The molecule has 0 amide bonds. The third kappa shape index (κ3) is 3.30. The van der Waals surface area contributed by atoms with Crippen LogP contribution in [0.1, 0.15) is 19.0 Å². The fourth-order valence-electron chi connectivity index (χ4n) is 1.48. The molecule has 0 unspecified atom stereocenters. The van der Waals surface area contributed by atoms with Crippen molar-refractivity contribution < 1.29 is 0 Å². The molecule has 0 saturated carbocycles. The summed E-state index contributed by atoms with van der Waals surface area (Å²) in [7, 11) is 0. The highest BCUT2D eigenvalue weighted by Crippen LogP contribution is 2.37. The zero-order chi connectivity index (χ0) is 13.1. The predicted octanol–water partition coefficient (Wildman–Crippen LogP) is 4.86. The lowest BCUT2D eigenvalue weighted by Crippen LogP contribution is -2.04. The molecule has 0 saturated heterocycles. The maximum Gasteiger partial charge on any atom is 0.171 e. The summed E-state index contributed by atoms with van der Waals surface area (Å²) in [4.78, 5) is 10.1. The molecule has 18 heavy (non-hydrogen) atoms. The molecule has 6 heteroatoms. The Morgan fingerprint density at radius 2 is 2.06 bits per heavy atom. The molecule has 96 valence electrons. The van der Waals surface area contributed by atoms with Crippen molar-refractivity contribution in [2.45, 2.75) is 20.3 Å². The van der Waals surface area contributed by atoms with E-state index in [0.29, 0.717) is 0 Å². The van der Waals surface area contributed by atoms with E-state index in [0.717, 1.165) is 43.4 Å². The second-order valence-electron chi connectivity index (χ2n) is 3.88. The monoisotopic (exact) mass is 389 g/mol. The minimum atomic E-state index is 0.769. The average Bonchev–Trinajstić information content (AvgIpc) is 2.66. The summed E-state index contributed by atoms with van der Waals surface area (Å²) in [5, 5.41) is 3.30. The Balaban J connectivity index is 2.35. The number of thiophene rings is 1. The Morgan fingerprint density at radius 1 is 1.28 bits per heavy atom. The van der Waals surface area contributed by atoms with Crippen LogP contribution in [-0.2, 0) is 0 Å². The fourth-order valence-corrected chi connectivity index (χ4v) is 3.45. The molecule has 2 rings (SSSR count). The van der Waals surface area contributed by atoms with E-state index < -0.39 is 0 Å². The molecule has 0 aromatic carbocycles. The van der Waals surface area contributed by atoms with Crippen LogP contribution in [-0.4, -0.2) is 16.5 Å². The number of anilines is 1. The number of rotatable bonds is 4. The van der Waals surface area contributed by atoms with Gasteiger partial charge in [0.25, 0.3) is 0 Å². The Hall–Kier alpha value is -0.460. The van der Waals surface area contributed by atoms with Gasteiger partial charge >= 0.3 is 0 Å². The predicted molar refractivity (Wildman–Crippen MR) is 84.3 cm³/mol. The summed E-state index contributed by atoms with van der Waals surface area (Å²) in [5.74, 6) is 1.66. The van der Waals surface area contributed by atoms with E-state index in [2.05, 4.69) is 54.1 Å². The van der Waals surface area contributed by atoms with Gasteiger partial charge in [-0.2, -0.15) is 0 Å². The smallest absolute Gasteiger partial charge is 0.171 e. The van der Waals surface area contributed by atoms with Gasteiger partial charge in [-0.25, -0.2) is 9.97 Å². The molecule has 0 aliphatic rings. The van der Waals surface area contributed by atoms with Crippen molar-refractivity contribution in [1.29, 1.82) is 0 Å².